The summed E-state index contributed by atoms with van der Waals surface area (Å²) >= 11 is 7.24. The van der Waals surface area contributed by atoms with Crippen molar-refractivity contribution in [2.75, 3.05) is 43.4 Å². The molecule has 1 aromatic rings. The van der Waals surface area contributed by atoms with Gasteiger partial charge >= 0.3 is 6.03 Å². The predicted octanol–water partition coefficient (Wildman–Crippen LogP) is 2.92. The van der Waals surface area contributed by atoms with Crippen LogP contribution in [0, 0.1) is 0 Å². The molecule has 1 aliphatic heterocycles. The second-order valence-electron chi connectivity index (χ2n) is 4.68. The molecule has 0 aliphatic carbocycles. The normalized spacial score (nSPS) is 19.7. The Labute approximate surface area is 147 Å². The van der Waals surface area contributed by atoms with E-state index in [1.807, 2.05) is 23.5 Å². The van der Waals surface area contributed by atoms with Gasteiger partial charge in [-0.25, -0.2) is 9.86 Å². The Morgan fingerprint density at radius 1 is 1.41 bits per heavy atom. The van der Waals surface area contributed by atoms with Crippen molar-refractivity contribution in [1.29, 1.82) is 0 Å². The van der Waals surface area contributed by atoms with E-state index in [-0.39, 0.29) is 6.03 Å². The first-order valence-corrected chi connectivity index (χ1v) is 10.7. The fourth-order valence-corrected chi connectivity index (χ4v) is 7.14. The summed E-state index contributed by atoms with van der Waals surface area (Å²) in [6.45, 7) is 2.24. The van der Waals surface area contributed by atoms with Crippen molar-refractivity contribution in [3.8, 4) is 0 Å². The van der Waals surface area contributed by atoms with Gasteiger partial charge in [0.2, 0.25) is 5.13 Å². The zero-order valence-electron chi connectivity index (χ0n) is 13.0. The minimum atomic E-state index is -0.275. The summed E-state index contributed by atoms with van der Waals surface area (Å²) in [5, 5.41) is 11.2. The summed E-state index contributed by atoms with van der Waals surface area (Å²) in [7, 11) is 4.69. The fraction of sp³-hybridized carbons (Fsp3) is 0.750. The molecule has 2 rings (SSSR count). The molecule has 0 saturated carbocycles. The van der Waals surface area contributed by atoms with Gasteiger partial charge in [-0.2, -0.15) is 23.5 Å². The zero-order chi connectivity index (χ0) is 16.1. The minimum absolute atomic E-state index is 0.275. The van der Waals surface area contributed by atoms with Crippen molar-refractivity contribution in [2.24, 2.45) is 0 Å². The smallest absolute Gasteiger partial charge is 0.273 e. The number of aromatic nitrogens is 2. The summed E-state index contributed by atoms with van der Waals surface area (Å²) in [4.78, 5) is 18.3. The van der Waals surface area contributed by atoms with E-state index in [0.29, 0.717) is 15.6 Å². The van der Waals surface area contributed by atoms with Gasteiger partial charge in [-0.3, -0.25) is 9.74 Å². The van der Waals surface area contributed by atoms with Crippen molar-refractivity contribution in [3.05, 3.63) is 0 Å². The van der Waals surface area contributed by atoms with Crippen LogP contribution in [0.25, 0.3) is 0 Å². The van der Waals surface area contributed by atoms with Gasteiger partial charge in [0.1, 0.15) is 0 Å². The highest BCUT2D eigenvalue weighted by Gasteiger charge is 2.24. The van der Waals surface area contributed by atoms with Gasteiger partial charge in [-0.1, -0.05) is 30.0 Å². The molecule has 0 N–H and O–H groups in total. The van der Waals surface area contributed by atoms with Crippen LogP contribution in [-0.4, -0.2) is 70.3 Å². The number of urea groups is 1. The van der Waals surface area contributed by atoms with Crippen LogP contribution in [0.2, 0.25) is 0 Å². The van der Waals surface area contributed by atoms with Crippen molar-refractivity contribution in [2.45, 2.75) is 21.8 Å². The quantitative estimate of drug-likeness (QED) is 0.442. The topological polar surface area (TPSA) is 58.6 Å². The van der Waals surface area contributed by atoms with Crippen LogP contribution < -0.4 is 4.90 Å². The number of hydrogen-bond donors (Lipinski definition) is 0. The number of carbonyl (C=O) groups is 1. The van der Waals surface area contributed by atoms with Crippen LogP contribution in [0.1, 0.15) is 6.92 Å². The first-order valence-electron chi connectivity index (χ1n) is 6.78. The van der Waals surface area contributed by atoms with E-state index in [1.54, 1.807) is 25.9 Å². The molecular formula is C12H20N4O2S4. The maximum Gasteiger partial charge on any atom is 0.349 e. The number of rotatable bonds is 5. The Bertz CT molecular complexity index is 495. The first kappa shape index (κ1) is 18.2. The van der Waals surface area contributed by atoms with Gasteiger partial charge in [0.25, 0.3) is 0 Å². The Morgan fingerprint density at radius 3 is 2.82 bits per heavy atom. The molecule has 0 aromatic carbocycles. The van der Waals surface area contributed by atoms with Crippen LogP contribution in [-0.2, 0) is 4.84 Å². The number of carbonyl (C=O) groups excluding carboxylic acids is 1. The number of thioether (sulfide) groups is 3. The van der Waals surface area contributed by atoms with E-state index in [4.69, 9.17) is 4.84 Å². The van der Waals surface area contributed by atoms with Crippen molar-refractivity contribution in [1.82, 2.24) is 15.3 Å². The lowest BCUT2D eigenvalue weighted by Gasteiger charge is -2.25. The maximum absolute atomic E-state index is 12.0. The molecule has 124 valence electrons. The summed E-state index contributed by atoms with van der Waals surface area (Å²) in [5.74, 6) is 3.67. The van der Waals surface area contributed by atoms with Gasteiger partial charge < -0.3 is 0 Å². The van der Waals surface area contributed by atoms with E-state index in [0.717, 1.165) is 9.40 Å². The maximum atomic E-state index is 12.0. The molecular weight excluding hydrogens is 360 g/mol. The van der Waals surface area contributed by atoms with Gasteiger partial charge in [0.05, 0.1) is 7.11 Å². The van der Waals surface area contributed by atoms with Crippen LogP contribution in [0.3, 0.4) is 0 Å². The SMILES string of the molecule is CON(C)C(=O)N(C)c1nnc(SC(C)C2CSCCS2)s1. The second-order valence-corrected chi connectivity index (χ2v) is 9.76. The molecule has 10 heteroatoms. The molecule has 1 aliphatic rings. The van der Waals surface area contributed by atoms with Crippen LogP contribution in [0.5, 0.6) is 0 Å². The summed E-state index contributed by atoms with van der Waals surface area (Å²) < 4.78 is 0.901. The fourth-order valence-electron chi connectivity index (χ4n) is 1.77. The molecule has 2 amide bonds. The van der Waals surface area contributed by atoms with E-state index >= 15 is 0 Å². The molecule has 22 heavy (non-hydrogen) atoms. The summed E-state index contributed by atoms with van der Waals surface area (Å²) in [5.41, 5.74) is 0. The number of nitrogens with zero attached hydrogens (tertiary/aromatic N) is 4. The lowest BCUT2D eigenvalue weighted by molar-refractivity contribution is -0.0619. The lowest BCUT2D eigenvalue weighted by Crippen LogP contribution is -2.38. The number of amides is 2. The molecule has 0 radical (unpaired) electrons. The molecule has 1 fully saturated rings. The van der Waals surface area contributed by atoms with E-state index in [1.165, 1.54) is 40.6 Å². The molecule has 2 heterocycles. The standard InChI is InChI=1S/C12H20N4O2S4/c1-8(9-7-19-5-6-20-9)21-11-14-13-10(22-11)15(2)12(17)16(3)18-4/h8-9H,5-7H2,1-4H3. The van der Waals surface area contributed by atoms with Crippen molar-refractivity contribution in [3.63, 3.8) is 0 Å². The Morgan fingerprint density at radius 2 is 2.18 bits per heavy atom. The number of hydrogen-bond acceptors (Lipinski definition) is 8. The Hall–Kier alpha value is -0.160. The largest absolute Gasteiger partial charge is 0.349 e. The molecule has 2 atom stereocenters. The van der Waals surface area contributed by atoms with E-state index < -0.39 is 0 Å². The Kier molecular flexibility index (Phi) is 7.13. The molecule has 6 nitrogen and oxygen atoms in total. The second kappa shape index (κ2) is 8.62. The minimum Gasteiger partial charge on any atom is -0.273 e. The van der Waals surface area contributed by atoms with Crippen LogP contribution in [0.4, 0.5) is 9.93 Å². The van der Waals surface area contributed by atoms with Crippen LogP contribution >= 0.6 is 46.6 Å². The molecule has 0 spiro atoms. The predicted molar refractivity (Wildman–Crippen MR) is 97.4 cm³/mol. The number of anilines is 1. The summed E-state index contributed by atoms with van der Waals surface area (Å²) in [6, 6.07) is -0.275. The van der Waals surface area contributed by atoms with E-state index in [9.17, 15) is 4.79 Å². The average Bonchev–Trinajstić information content (AvgIpc) is 3.01. The monoisotopic (exact) mass is 380 g/mol. The zero-order valence-corrected chi connectivity index (χ0v) is 16.3. The third kappa shape index (κ3) is 4.67. The number of hydroxylamine groups is 2. The molecule has 0 bridgehead atoms. The highest BCUT2D eigenvalue weighted by atomic mass is 32.2. The van der Waals surface area contributed by atoms with Gasteiger partial charge in [-0.05, 0) is 0 Å². The van der Waals surface area contributed by atoms with Gasteiger partial charge in [-0.15, -0.1) is 10.2 Å². The van der Waals surface area contributed by atoms with Crippen LogP contribution in [0.15, 0.2) is 4.34 Å². The highest BCUT2D eigenvalue weighted by Crippen LogP contribution is 2.37. The van der Waals surface area contributed by atoms with Gasteiger partial charge in [0, 0.05) is 41.9 Å². The lowest BCUT2D eigenvalue weighted by atomic mass is 10.4. The third-order valence-electron chi connectivity index (χ3n) is 3.16. The Balaban J connectivity index is 1.94. The first-order chi connectivity index (χ1) is 10.5. The molecule has 1 saturated heterocycles. The molecule has 2 unspecified atom stereocenters. The highest BCUT2D eigenvalue weighted by molar-refractivity contribution is 8.08. The third-order valence-corrected chi connectivity index (χ3v) is 8.65. The molecule has 1 aromatic heterocycles. The van der Waals surface area contributed by atoms with Crippen molar-refractivity contribution < 1.29 is 9.63 Å². The van der Waals surface area contributed by atoms with Crippen molar-refractivity contribution >= 4 is 57.8 Å². The van der Waals surface area contributed by atoms with E-state index in [2.05, 4.69) is 17.1 Å². The van der Waals surface area contributed by atoms with Gasteiger partial charge in [0.15, 0.2) is 4.34 Å². The average molecular weight is 381 g/mol. The summed E-state index contributed by atoms with van der Waals surface area (Å²) in [6.07, 6.45) is 0.